The van der Waals surface area contributed by atoms with Crippen molar-refractivity contribution in [2.24, 2.45) is 7.05 Å². The number of hydrogen-bond acceptors (Lipinski definition) is 4. The third-order valence-electron chi connectivity index (χ3n) is 2.14. The Hall–Kier alpha value is -1.85. The average Bonchev–Trinajstić information content (AvgIpc) is 2.75. The molecule has 2 rings (SSSR count). The predicted molar refractivity (Wildman–Crippen MR) is 52.3 cm³/mol. The molecule has 0 fully saturated rings. The SMILES string of the molecule is CCn1ncnc1-c1cnn(C)c1N. The first-order valence-corrected chi connectivity index (χ1v) is 4.39. The largest absolute Gasteiger partial charge is 0.383 e. The van der Waals surface area contributed by atoms with Crippen molar-refractivity contribution < 1.29 is 0 Å². The molecular weight excluding hydrogens is 180 g/mol. The number of nitrogens with zero attached hydrogens (tertiary/aromatic N) is 5. The van der Waals surface area contributed by atoms with Gasteiger partial charge in [-0.3, -0.25) is 4.68 Å². The number of aromatic nitrogens is 5. The topological polar surface area (TPSA) is 74.5 Å². The van der Waals surface area contributed by atoms with E-state index in [1.807, 2.05) is 6.92 Å². The minimum Gasteiger partial charge on any atom is -0.383 e. The Kier molecular flexibility index (Phi) is 1.95. The molecule has 0 spiro atoms. The van der Waals surface area contributed by atoms with E-state index in [9.17, 15) is 0 Å². The number of nitrogens with two attached hydrogens (primary N) is 1. The summed E-state index contributed by atoms with van der Waals surface area (Å²) >= 11 is 0. The van der Waals surface area contributed by atoms with Gasteiger partial charge in [-0.15, -0.1) is 0 Å². The molecule has 14 heavy (non-hydrogen) atoms. The predicted octanol–water partition coefficient (Wildman–Crippen LogP) is 0.281. The molecule has 0 aliphatic heterocycles. The van der Waals surface area contributed by atoms with Gasteiger partial charge in [0.2, 0.25) is 0 Å². The lowest BCUT2D eigenvalue weighted by atomic mass is 10.3. The Morgan fingerprint density at radius 3 is 2.79 bits per heavy atom. The van der Waals surface area contributed by atoms with Gasteiger partial charge >= 0.3 is 0 Å². The number of anilines is 1. The highest BCUT2D eigenvalue weighted by atomic mass is 15.3. The summed E-state index contributed by atoms with van der Waals surface area (Å²) in [5.74, 6) is 1.37. The van der Waals surface area contributed by atoms with E-state index in [1.165, 1.54) is 6.33 Å². The molecule has 0 aliphatic carbocycles. The number of rotatable bonds is 2. The maximum absolute atomic E-state index is 5.84. The highest BCUT2D eigenvalue weighted by molar-refractivity contribution is 5.67. The van der Waals surface area contributed by atoms with Gasteiger partial charge in [0, 0.05) is 13.6 Å². The fraction of sp³-hybridized carbons (Fsp3) is 0.375. The first-order chi connectivity index (χ1) is 6.74. The van der Waals surface area contributed by atoms with E-state index in [0.717, 1.165) is 17.9 Å². The van der Waals surface area contributed by atoms with Crippen LogP contribution in [-0.2, 0) is 13.6 Å². The average molecular weight is 192 g/mol. The van der Waals surface area contributed by atoms with E-state index >= 15 is 0 Å². The van der Waals surface area contributed by atoms with E-state index in [4.69, 9.17) is 5.73 Å². The van der Waals surface area contributed by atoms with Gasteiger partial charge in [0.15, 0.2) is 5.82 Å². The van der Waals surface area contributed by atoms with Gasteiger partial charge in [0.25, 0.3) is 0 Å². The molecule has 0 unspecified atom stereocenters. The summed E-state index contributed by atoms with van der Waals surface area (Å²) in [7, 11) is 1.80. The lowest BCUT2D eigenvalue weighted by Crippen LogP contribution is -2.02. The van der Waals surface area contributed by atoms with Crippen LogP contribution >= 0.6 is 0 Å². The van der Waals surface area contributed by atoms with E-state index < -0.39 is 0 Å². The smallest absolute Gasteiger partial charge is 0.163 e. The minimum absolute atomic E-state index is 0.604. The Morgan fingerprint density at radius 1 is 1.43 bits per heavy atom. The first-order valence-electron chi connectivity index (χ1n) is 4.39. The van der Waals surface area contributed by atoms with Crippen LogP contribution in [0.15, 0.2) is 12.5 Å². The van der Waals surface area contributed by atoms with Gasteiger partial charge in [-0.25, -0.2) is 9.67 Å². The summed E-state index contributed by atoms with van der Waals surface area (Å²) < 4.78 is 3.40. The summed E-state index contributed by atoms with van der Waals surface area (Å²) in [4.78, 5) is 4.15. The van der Waals surface area contributed by atoms with Crippen molar-refractivity contribution in [1.29, 1.82) is 0 Å². The molecule has 2 aromatic rings. The number of hydrogen-bond donors (Lipinski definition) is 1. The number of aryl methyl sites for hydroxylation is 2. The molecule has 2 N–H and O–H groups in total. The van der Waals surface area contributed by atoms with Crippen LogP contribution in [0.2, 0.25) is 0 Å². The van der Waals surface area contributed by atoms with Gasteiger partial charge in [0.1, 0.15) is 12.1 Å². The summed E-state index contributed by atoms with van der Waals surface area (Å²) in [5.41, 5.74) is 6.66. The maximum Gasteiger partial charge on any atom is 0.163 e. The summed E-state index contributed by atoms with van der Waals surface area (Å²) in [6.45, 7) is 2.77. The third kappa shape index (κ3) is 1.15. The highest BCUT2D eigenvalue weighted by Gasteiger charge is 2.12. The van der Waals surface area contributed by atoms with Crippen molar-refractivity contribution >= 4 is 5.82 Å². The quantitative estimate of drug-likeness (QED) is 0.741. The lowest BCUT2D eigenvalue weighted by Gasteiger charge is -2.01. The molecule has 2 heterocycles. The monoisotopic (exact) mass is 192 g/mol. The fourth-order valence-electron chi connectivity index (χ4n) is 1.32. The van der Waals surface area contributed by atoms with E-state index in [1.54, 1.807) is 22.6 Å². The van der Waals surface area contributed by atoms with Crippen molar-refractivity contribution in [3.8, 4) is 11.4 Å². The van der Waals surface area contributed by atoms with E-state index in [-0.39, 0.29) is 0 Å². The molecule has 0 saturated heterocycles. The highest BCUT2D eigenvalue weighted by Crippen LogP contribution is 2.22. The molecule has 0 bridgehead atoms. The van der Waals surface area contributed by atoms with Crippen LogP contribution in [0.5, 0.6) is 0 Å². The van der Waals surface area contributed by atoms with E-state index in [2.05, 4.69) is 15.2 Å². The van der Waals surface area contributed by atoms with Crippen molar-refractivity contribution in [3.63, 3.8) is 0 Å². The molecule has 6 nitrogen and oxygen atoms in total. The molecule has 0 aromatic carbocycles. The Labute approximate surface area is 81.4 Å². The van der Waals surface area contributed by atoms with Crippen LogP contribution in [0.4, 0.5) is 5.82 Å². The second-order valence-corrected chi connectivity index (χ2v) is 2.97. The normalized spacial score (nSPS) is 10.7. The van der Waals surface area contributed by atoms with Gasteiger partial charge in [-0.1, -0.05) is 0 Å². The van der Waals surface area contributed by atoms with Gasteiger partial charge in [0.05, 0.1) is 11.8 Å². The van der Waals surface area contributed by atoms with Crippen LogP contribution < -0.4 is 5.73 Å². The zero-order valence-electron chi connectivity index (χ0n) is 8.18. The molecular formula is C8H12N6. The van der Waals surface area contributed by atoms with Crippen molar-refractivity contribution in [3.05, 3.63) is 12.5 Å². The molecule has 0 saturated carbocycles. The zero-order chi connectivity index (χ0) is 10.1. The Bertz CT molecular complexity index is 440. The lowest BCUT2D eigenvalue weighted by molar-refractivity contribution is 0.666. The van der Waals surface area contributed by atoms with Crippen LogP contribution in [0, 0.1) is 0 Å². The van der Waals surface area contributed by atoms with Gasteiger partial charge < -0.3 is 5.73 Å². The molecule has 74 valence electrons. The Balaban J connectivity index is 2.54. The van der Waals surface area contributed by atoms with Crippen LogP contribution in [0.1, 0.15) is 6.92 Å². The van der Waals surface area contributed by atoms with Crippen LogP contribution in [-0.4, -0.2) is 24.5 Å². The Morgan fingerprint density at radius 2 is 2.21 bits per heavy atom. The summed E-state index contributed by atoms with van der Waals surface area (Å²) in [6.07, 6.45) is 3.22. The van der Waals surface area contributed by atoms with Crippen molar-refractivity contribution in [1.82, 2.24) is 24.5 Å². The van der Waals surface area contributed by atoms with Crippen molar-refractivity contribution in [2.75, 3.05) is 5.73 Å². The fourth-order valence-corrected chi connectivity index (χ4v) is 1.32. The third-order valence-corrected chi connectivity index (χ3v) is 2.14. The molecule has 0 amide bonds. The minimum atomic E-state index is 0.604. The van der Waals surface area contributed by atoms with Crippen molar-refractivity contribution in [2.45, 2.75) is 13.5 Å². The second-order valence-electron chi connectivity index (χ2n) is 2.97. The van der Waals surface area contributed by atoms with Crippen LogP contribution in [0.3, 0.4) is 0 Å². The molecule has 0 radical (unpaired) electrons. The van der Waals surface area contributed by atoms with Crippen LogP contribution in [0.25, 0.3) is 11.4 Å². The zero-order valence-corrected chi connectivity index (χ0v) is 8.18. The van der Waals surface area contributed by atoms with E-state index in [0.29, 0.717) is 5.82 Å². The van der Waals surface area contributed by atoms with Gasteiger partial charge in [-0.2, -0.15) is 10.2 Å². The first kappa shape index (κ1) is 8.74. The molecule has 0 atom stereocenters. The standard InChI is InChI=1S/C8H12N6/c1-3-14-8(10-5-12-14)6-4-11-13(2)7(6)9/h4-5H,3,9H2,1-2H3. The summed E-state index contributed by atoms with van der Waals surface area (Å²) in [5, 5.41) is 8.13. The summed E-state index contributed by atoms with van der Waals surface area (Å²) in [6, 6.07) is 0. The van der Waals surface area contributed by atoms with Gasteiger partial charge in [-0.05, 0) is 6.92 Å². The molecule has 0 aliphatic rings. The molecule has 2 aromatic heterocycles. The number of nitrogen functional groups attached to an aromatic ring is 1. The second kappa shape index (κ2) is 3.13. The maximum atomic E-state index is 5.84. The molecule has 6 heteroatoms.